The molecule has 9 heteroatoms. The van der Waals surface area contributed by atoms with Gasteiger partial charge in [0.2, 0.25) is 5.75 Å². The third-order valence-corrected chi connectivity index (χ3v) is 5.30. The molecule has 1 aromatic carbocycles. The van der Waals surface area contributed by atoms with Crippen molar-refractivity contribution in [2.45, 2.75) is 25.8 Å². The number of aromatic hydroxyl groups is 1. The van der Waals surface area contributed by atoms with E-state index in [2.05, 4.69) is 31.7 Å². The van der Waals surface area contributed by atoms with Crippen LogP contribution in [0, 0.1) is 0 Å². The quantitative estimate of drug-likeness (QED) is 0.485. The number of pyridine rings is 1. The number of halogens is 1. The second kappa shape index (κ2) is 7.81. The highest BCUT2D eigenvalue weighted by Gasteiger charge is 2.25. The van der Waals surface area contributed by atoms with Gasteiger partial charge in [-0.1, -0.05) is 0 Å². The Kier molecular flexibility index (Phi) is 5.59. The maximum absolute atomic E-state index is 12.4. The smallest absolute Gasteiger partial charge is 0.504 e. The number of benzene rings is 1. The maximum Gasteiger partial charge on any atom is 0.511 e. The molecule has 1 aliphatic carbocycles. The molecular weight excluding hydrogens is 398 g/mol. The lowest BCUT2D eigenvalue weighted by molar-refractivity contribution is 0.142. The molecule has 0 saturated carbocycles. The zero-order valence-corrected chi connectivity index (χ0v) is 16.9. The SMILES string of the molecule is CNCc1cc2cc3c(cc2n1C)CCCc1c-3[nH]c(=O)c(OC(=O)O)c1O.Cl. The van der Waals surface area contributed by atoms with Crippen molar-refractivity contribution in [3.8, 4) is 22.8 Å². The minimum Gasteiger partial charge on any atom is -0.504 e. The van der Waals surface area contributed by atoms with Gasteiger partial charge in [0.05, 0.1) is 5.69 Å². The van der Waals surface area contributed by atoms with E-state index in [4.69, 9.17) is 5.11 Å². The van der Waals surface area contributed by atoms with Gasteiger partial charge in [-0.2, -0.15) is 0 Å². The molecule has 0 radical (unpaired) electrons. The van der Waals surface area contributed by atoms with Crippen molar-refractivity contribution in [3.05, 3.63) is 45.4 Å². The number of fused-ring (bicyclic) bond motifs is 4. The lowest BCUT2D eigenvalue weighted by Gasteiger charge is -2.13. The zero-order chi connectivity index (χ0) is 20.0. The van der Waals surface area contributed by atoms with E-state index in [0.717, 1.165) is 47.1 Å². The molecule has 0 unspecified atom stereocenters. The van der Waals surface area contributed by atoms with E-state index < -0.39 is 23.2 Å². The first kappa shape index (κ1) is 20.8. The third kappa shape index (κ3) is 3.45. The van der Waals surface area contributed by atoms with Crippen molar-refractivity contribution in [2.24, 2.45) is 7.05 Å². The first-order valence-corrected chi connectivity index (χ1v) is 9.05. The van der Waals surface area contributed by atoms with Crippen LogP contribution in [0.5, 0.6) is 11.5 Å². The summed E-state index contributed by atoms with van der Waals surface area (Å²) in [5, 5.41) is 23.5. The molecule has 0 amide bonds. The van der Waals surface area contributed by atoms with Crippen molar-refractivity contribution in [1.82, 2.24) is 14.9 Å². The number of H-pyrrole nitrogens is 1. The van der Waals surface area contributed by atoms with Crippen molar-refractivity contribution < 1.29 is 19.7 Å². The van der Waals surface area contributed by atoms with Crippen LogP contribution in [-0.4, -0.2) is 33.0 Å². The van der Waals surface area contributed by atoms with Crippen LogP contribution in [0.15, 0.2) is 23.0 Å². The number of carbonyl (C=O) groups is 1. The van der Waals surface area contributed by atoms with Crippen LogP contribution in [0.1, 0.15) is 23.2 Å². The van der Waals surface area contributed by atoms with Gasteiger partial charge in [-0.25, -0.2) is 4.79 Å². The van der Waals surface area contributed by atoms with Gasteiger partial charge in [0.1, 0.15) is 0 Å². The van der Waals surface area contributed by atoms with E-state index in [1.54, 1.807) is 0 Å². The standard InChI is InChI=1S/C20H21N3O5.ClH/c1-21-9-12-6-11-7-14-10(8-15(11)23(12)2)4-3-5-13-16(14)22-19(25)18(17(13)24)28-20(26)27;/h6-8,21H,3-5,9H2,1-2H3,(H,26,27)(H2,22,24,25);1H. The molecule has 0 fully saturated rings. The van der Waals surface area contributed by atoms with Crippen LogP contribution < -0.4 is 15.6 Å². The summed E-state index contributed by atoms with van der Waals surface area (Å²) in [7, 11) is 3.92. The van der Waals surface area contributed by atoms with Crippen molar-refractivity contribution in [2.75, 3.05) is 7.05 Å². The number of aromatic amines is 1. The Labute approximate surface area is 172 Å². The molecule has 0 aliphatic heterocycles. The fourth-order valence-corrected chi connectivity index (χ4v) is 4.00. The van der Waals surface area contributed by atoms with Gasteiger partial charge in [-0.3, -0.25) is 4.79 Å². The number of nitrogens with one attached hydrogen (secondary N) is 2. The molecule has 3 aromatic rings. The molecule has 0 saturated heterocycles. The number of hydrogen-bond acceptors (Lipinski definition) is 5. The Balaban J connectivity index is 0.00000240. The Bertz CT molecular complexity index is 1170. The van der Waals surface area contributed by atoms with Gasteiger partial charge in [-0.15, -0.1) is 12.4 Å². The van der Waals surface area contributed by atoms with E-state index >= 15 is 0 Å². The van der Waals surface area contributed by atoms with Crippen LogP contribution >= 0.6 is 12.4 Å². The molecular formula is C20H22ClN3O5. The number of hydrogen-bond donors (Lipinski definition) is 4. The Hall–Kier alpha value is -2.97. The van der Waals surface area contributed by atoms with E-state index in [9.17, 15) is 14.7 Å². The monoisotopic (exact) mass is 419 g/mol. The van der Waals surface area contributed by atoms with Gasteiger partial charge < -0.3 is 29.8 Å². The predicted octanol–water partition coefficient (Wildman–Crippen LogP) is 2.93. The fourth-order valence-electron chi connectivity index (χ4n) is 4.00. The molecule has 4 rings (SSSR count). The molecule has 0 atom stereocenters. The van der Waals surface area contributed by atoms with Gasteiger partial charge in [0.25, 0.3) is 5.56 Å². The number of aryl methyl sites for hydroxylation is 2. The highest BCUT2D eigenvalue weighted by Crippen LogP contribution is 2.40. The predicted molar refractivity (Wildman–Crippen MR) is 111 cm³/mol. The van der Waals surface area contributed by atoms with Crippen molar-refractivity contribution >= 4 is 29.5 Å². The largest absolute Gasteiger partial charge is 0.511 e. The molecule has 1 aliphatic rings. The Morgan fingerprint density at radius 3 is 2.76 bits per heavy atom. The summed E-state index contributed by atoms with van der Waals surface area (Å²) < 4.78 is 6.64. The summed E-state index contributed by atoms with van der Waals surface area (Å²) in [6.45, 7) is 0.736. The van der Waals surface area contributed by atoms with E-state index in [0.29, 0.717) is 17.7 Å². The summed E-state index contributed by atoms with van der Waals surface area (Å²) in [5.41, 5.74) is 4.41. The third-order valence-electron chi connectivity index (χ3n) is 5.30. The first-order valence-electron chi connectivity index (χ1n) is 9.05. The lowest BCUT2D eigenvalue weighted by Crippen LogP contribution is -2.17. The van der Waals surface area contributed by atoms with Crippen LogP contribution in [0.4, 0.5) is 4.79 Å². The zero-order valence-electron chi connectivity index (χ0n) is 16.0. The average molecular weight is 420 g/mol. The molecule has 2 heterocycles. The molecule has 8 nitrogen and oxygen atoms in total. The fraction of sp³-hybridized carbons (Fsp3) is 0.300. The van der Waals surface area contributed by atoms with E-state index in [1.807, 2.05) is 20.2 Å². The Morgan fingerprint density at radius 2 is 2.07 bits per heavy atom. The summed E-state index contributed by atoms with van der Waals surface area (Å²) in [6, 6.07) is 6.23. The first-order chi connectivity index (χ1) is 13.4. The van der Waals surface area contributed by atoms with Crippen LogP contribution in [0.2, 0.25) is 0 Å². The molecule has 29 heavy (non-hydrogen) atoms. The molecule has 154 valence electrons. The van der Waals surface area contributed by atoms with Gasteiger partial charge in [-0.05, 0) is 50.1 Å². The molecule has 0 bridgehead atoms. The molecule has 4 N–H and O–H groups in total. The average Bonchev–Trinajstić information content (AvgIpc) is 2.83. The highest BCUT2D eigenvalue weighted by atomic mass is 35.5. The van der Waals surface area contributed by atoms with E-state index in [1.165, 1.54) is 0 Å². The minimum absolute atomic E-state index is 0. The topological polar surface area (TPSA) is 117 Å². The van der Waals surface area contributed by atoms with Crippen molar-refractivity contribution in [1.29, 1.82) is 0 Å². The van der Waals surface area contributed by atoms with Crippen LogP contribution in [0.3, 0.4) is 0 Å². The summed E-state index contributed by atoms with van der Waals surface area (Å²) in [6.07, 6.45) is 0.399. The molecule has 2 aromatic heterocycles. The van der Waals surface area contributed by atoms with E-state index in [-0.39, 0.29) is 12.4 Å². The normalized spacial score (nSPS) is 12.6. The number of rotatable bonds is 3. The van der Waals surface area contributed by atoms with Gasteiger partial charge >= 0.3 is 6.16 Å². The number of ether oxygens (including phenoxy) is 1. The number of nitrogens with zero attached hydrogens (tertiary/aromatic N) is 1. The van der Waals surface area contributed by atoms with Gasteiger partial charge in [0.15, 0.2) is 5.75 Å². The number of carboxylic acid groups (broad SMARTS) is 1. The Morgan fingerprint density at radius 1 is 1.31 bits per heavy atom. The highest BCUT2D eigenvalue weighted by molar-refractivity contribution is 5.89. The summed E-state index contributed by atoms with van der Waals surface area (Å²) >= 11 is 0. The number of aromatic nitrogens is 2. The van der Waals surface area contributed by atoms with Crippen LogP contribution in [-0.2, 0) is 26.4 Å². The second-order valence-corrected chi connectivity index (χ2v) is 7.00. The lowest BCUT2D eigenvalue weighted by atomic mass is 9.99. The molecule has 0 spiro atoms. The maximum atomic E-state index is 12.4. The van der Waals surface area contributed by atoms with Crippen molar-refractivity contribution in [3.63, 3.8) is 0 Å². The second-order valence-electron chi connectivity index (χ2n) is 7.00. The van der Waals surface area contributed by atoms with Crippen LogP contribution in [0.25, 0.3) is 22.2 Å². The summed E-state index contributed by atoms with van der Waals surface area (Å²) in [5.74, 6) is -0.982. The summed E-state index contributed by atoms with van der Waals surface area (Å²) in [4.78, 5) is 25.9. The van der Waals surface area contributed by atoms with Gasteiger partial charge in [0, 0.05) is 41.3 Å². The minimum atomic E-state index is -1.64.